The van der Waals surface area contributed by atoms with Crippen molar-refractivity contribution in [3.05, 3.63) is 72.5 Å². The van der Waals surface area contributed by atoms with Crippen LogP contribution in [-0.2, 0) is 19.6 Å². The summed E-state index contributed by atoms with van der Waals surface area (Å²) in [6, 6.07) is 16.3. The van der Waals surface area contributed by atoms with Crippen LogP contribution in [0.25, 0.3) is 0 Å². The second-order valence-electron chi connectivity index (χ2n) is 8.20. The van der Waals surface area contributed by atoms with E-state index in [0.717, 1.165) is 35.2 Å². The van der Waals surface area contributed by atoms with Gasteiger partial charge < -0.3 is 24.4 Å². The fourth-order valence-electron chi connectivity index (χ4n) is 3.93. The first-order valence-corrected chi connectivity index (χ1v) is 13.0. The maximum absolute atomic E-state index is 13.6. The largest absolute Gasteiger partial charge is 0.493 e. The molecule has 1 N–H and O–H groups in total. The van der Waals surface area contributed by atoms with Gasteiger partial charge in [-0.3, -0.25) is 9.10 Å². The highest BCUT2D eigenvalue weighted by Gasteiger charge is 2.28. The van der Waals surface area contributed by atoms with Gasteiger partial charge in [0.2, 0.25) is 5.91 Å². The highest BCUT2D eigenvalue weighted by molar-refractivity contribution is 7.92. The molecule has 11 heteroatoms. The smallest absolute Gasteiger partial charge is 0.264 e. The molecule has 1 heterocycles. The van der Waals surface area contributed by atoms with Gasteiger partial charge in [0, 0.05) is 30.5 Å². The highest BCUT2D eigenvalue weighted by Crippen LogP contribution is 2.32. The lowest BCUT2D eigenvalue weighted by atomic mass is 10.2. The van der Waals surface area contributed by atoms with Gasteiger partial charge in [0.25, 0.3) is 10.0 Å². The monoisotopic (exact) mass is 529 g/mol. The number of methoxy groups -OCH3 is 2. The van der Waals surface area contributed by atoms with Gasteiger partial charge in [0.15, 0.2) is 11.5 Å². The summed E-state index contributed by atoms with van der Waals surface area (Å²) in [4.78, 5) is 15.1. The molecule has 0 saturated carbocycles. The fourth-order valence-corrected chi connectivity index (χ4v) is 5.37. The number of hydrogen-bond donors (Lipinski definition) is 1. The van der Waals surface area contributed by atoms with Crippen molar-refractivity contribution in [2.45, 2.75) is 4.90 Å². The summed E-state index contributed by atoms with van der Waals surface area (Å²) in [5, 5.41) is 2.74. The Morgan fingerprint density at radius 2 is 1.62 bits per heavy atom. The number of nitrogens with one attached hydrogen (secondary N) is 1. The third-order valence-electron chi connectivity index (χ3n) is 5.87. The van der Waals surface area contributed by atoms with Crippen LogP contribution in [0.2, 0.25) is 0 Å². The van der Waals surface area contributed by atoms with E-state index in [4.69, 9.17) is 14.2 Å². The zero-order valence-corrected chi connectivity index (χ0v) is 21.3. The van der Waals surface area contributed by atoms with E-state index in [0.29, 0.717) is 24.7 Å². The minimum Gasteiger partial charge on any atom is -0.493 e. The second-order valence-corrected chi connectivity index (χ2v) is 10.1. The predicted molar refractivity (Wildman–Crippen MR) is 139 cm³/mol. The Balaban J connectivity index is 1.57. The van der Waals surface area contributed by atoms with Crippen LogP contribution in [0.4, 0.5) is 21.5 Å². The molecule has 1 fully saturated rings. The SMILES string of the molecule is COc1ccc(S(=O)(=O)N(CC(=O)Nc2ccc(N3CCOCC3)cc2)c2ccc(F)cc2)cc1OC. The van der Waals surface area contributed by atoms with E-state index in [2.05, 4.69) is 10.2 Å². The molecule has 1 amide bonds. The summed E-state index contributed by atoms with van der Waals surface area (Å²) in [6.45, 7) is 2.35. The number of rotatable bonds is 9. The molecular formula is C26H28FN3O6S. The number of halogens is 1. The maximum Gasteiger partial charge on any atom is 0.264 e. The fraction of sp³-hybridized carbons (Fsp3) is 0.269. The minimum atomic E-state index is -4.24. The van der Waals surface area contributed by atoms with E-state index in [1.807, 2.05) is 12.1 Å². The first-order valence-electron chi connectivity index (χ1n) is 11.5. The van der Waals surface area contributed by atoms with Crippen molar-refractivity contribution in [2.75, 3.05) is 61.6 Å². The lowest BCUT2D eigenvalue weighted by molar-refractivity contribution is -0.114. The molecule has 0 spiro atoms. The van der Waals surface area contributed by atoms with Crippen molar-refractivity contribution >= 4 is 33.0 Å². The topological polar surface area (TPSA) is 97.4 Å². The number of ether oxygens (including phenoxy) is 3. The molecule has 3 aromatic rings. The standard InChI is InChI=1S/C26H28FN3O6S/c1-34-24-12-11-23(17-25(24)35-2)37(32,33)30(22-7-3-19(27)4-8-22)18-26(31)28-20-5-9-21(10-6-20)29-13-15-36-16-14-29/h3-12,17H,13-16,18H2,1-2H3,(H,28,31). The van der Waals surface area contributed by atoms with Crippen LogP contribution in [0.15, 0.2) is 71.6 Å². The van der Waals surface area contributed by atoms with Gasteiger partial charge in [-0.25, -0.2) is 12.8 Å². The van der Waals surface area contributed by atoms with Gasteiger partial charge in [0.1, 0.15) is 12.4 Å². The number of carbonyl (C=O) groups is 1. The normalized spacial score (nSPS) is 13.6. The lowest BCUT2D eigenvalue weighted by Gasteiger charge is -2.29. The van der Waals surface area contributed by atoms with Gasteiger partial charge in [0.05, 0.1) is 38.0 Å². The van der Waals surface area contributed by atoms with E-state index in [-0.39, 0.29) is 16.3 Å². The van der Waals surface area contributed by atoms with Crippen molar-refractivity contribution < 1.29 is 31.8 Å². The molecule has 1 aliphatic rings. The number of amides is 1. The molecule has 0 atom stereocenters. The summed E-state index contributed by atoms with van der Waals surface area (Å²) in [5.74, 6) is -0.523. The quantitative estimate of drug-likeness (QED) is 0.453. The van der Waals surface area contributed by atoms with Crippen molar-refractivity contribution in [3.63, 3.8) is 0 Å². The number of nitrogens with zero attached hydrogens (tertiary/aromatic N) is 2. The molecule has 3 aromatic carbocycles. The molecule has 1 saturated heterocycles. The van der Waals surface area contributed by atoms with Gasteiger partial charge in [-0.15, -0.1) is 0 Å². The Kier molecular flexibility index (Phi) is 8.14. The van der Waals surface area contributed by atoms with Crippen molar-refractivity contribution in [3.8, 4) is 11.5 Å². The zero-order chi connectivity index (χ0) is 26.4. The molecule has 0 aromatic heterocycles. The molecule has 9 nitrogen and oxygen atoms in total. The van der Waals surface area contributed by atoms with Crippen LogP contribution in [0.5, 0.6) is 11.5 Å². The van der Waals surface area contributed by atoms with Gasteiger partial charge in [-0.05, 0) is 60.7 Å². The Bertz CT molecular complexity index is 1330. The van der Waals surface area contributed by atoms with Crippen molar-refractivity contribution in [1.29, 1.82) is 0 Å². The Morgan fingerprint density at radius 1 is 0.973 bits per heavy atom. The van der Waals surface area contributed by atoms with Crippen LogP contribution >= 0.6 is 0 Å². The van der Waals surface area contributed by atoms with Gasteiger partial charge in [-0.1, -0.05) is 0 Å². The first-order chi connectivity index (χ1) is 17.8. The molecular weight excluding hydrogens is 501 g/mol. The lowest BCUT2D eigenvalue weighted by Crippen LogP contribution is -2.38. The van der Waals surface area contributed by atoms with E-state index in [1.54, 1.807) is 12.1 Å². The maximum atomic E-state index is 13.6. The summed E-state index contributed by atoms with van der Waals surface area (Å²) in [7, 11) is -1.41. The molecule has 0 unspecified atom stereocenters. The summed E-state index contributed by atoms with van der Waals surface area (Å²) in [5.41, 5.74) is 1.66. The molecule has 0 bridgehead atoms. The van der Waals surface area contributed by atoms with Crippen LogP contribution in [0.3, 0.4) is 0 Å². The predicted octanol–water partition coefficient (Wildman–Crippen LogP) is 3.51. The number of hydrogen-bond acceptors (Lipinski definition) is 7. The van der Waals surface area contributed by atoms with Crippen LogP contribution in [0, 0.1) is 5.82 Å². The Hall–Kier alpha value is -3.83. The number of carbonyl (C=O) groups excluding carboxylic acids is 1. The Morgan fingerprint density at radius 3 is 2.24 bits per heavy atom. The number of anilines is 3. The van der Waals surface area contributed by atoms with E-state index in [1.165, 1.54) is 44.6 Å². The molecule has 196 valence electrons. The first kappa shape index (κ1) is 26.2. The summed E-state index contributed by atoms with van der Waals surface area (Å²) in [6.07, 6.45) is 0. The molecule has 1 aliphatic heterocycles. The zero-order valence-electron chi connectivity index (χ0n) is 20.5. The molecule has 37 heavy (non-hydrogen) atoms. The van der Waals surface area contributed by atoms with Crippen LogP contribution in [-0.4, -0.2) is 61.4 Å². The number of morpholine rings is 1. The molecule has 4 rings (SSSR count). The number of benzene rings is 3. The summed E-state index contributed by atoms with van der Waals surface area (Å²) < 4.78 is 57.6. The Labute approximate surface area is 215 Å². The van der Waals surface area contributed by atoms with Crippen LogP contribution < -0.4 is 24.0 Å². The highest BCUT2D eigenvalue weighted by atomic mass is 32.2. The van der Waals surface area contributed by atoms with Crippen molar-refractivity contribution in [2.24, 2.45) is 0 Å². The van der Waals surface area contributed by atoms with Gasteiger partial charge >= 0.3 is 0 Å². The third kappa shape index (κ3) is 6.12. The minimum absolute atomic E-state index is 0.114. The van der Waals surface area contributed by atoms with Crippen molar-refractivity contribution in [1.82, 2.24) is 0 Å². The third-order valence-corrected chi connectivity index (χ3v) is 7.64. The van der Waals surface area contributed by atoms with E-state index < -0.39 is 28.3 Å². The van der Waals surface area contributed by atoms with Gasteiger partial charge in [-0.2, -0.15) is 0 Å². The average Bonchev–Trinajstić information content (AvgIpc) is 2.92. The van der Waals surface area contributed by atoms with Crippen LogP contribution in [0.1, 0.15) is 0 Å². The van der Waals surface area contributed by atoms with E-state index >= 15 is 0 Å². The molecule has 0 radical (unpaired) electrons. The van der Waals surface area contributed by atoms with E-state index in [9.17, 15) is 17.6 Å². The number of sulfonamides is 1. The summed E-state index contributed by atoms with van der Waals surface area (Å²) >= 11 is 0. The second kappa shape index (κ2) is 11.5. The average molecular weight is 530 g/mol. The molecule has 0 aliphatic carbocycles.